The van der Waals surface area contributed by atoms with Gasteiger partial charge in [-0.3, -0.25) is 0 Å². The van der Waals surface area contributed by atoms with E-state index in [1.807, 2.05) is 0 Å². The second kappa shape index (κ2) is 11.4. The van der Waals surface area contributed by atoms with E-state index >= 15 is 0 Å². The van der Waals surface area contributed by atoms with Gasteiger partial charge in [-0.2, -0.15) is 4.31 Å². The van der Waals surface area contributed by atoms with Gasteiger partial charge in [0.05, 0.1) is 11.5 Å². The molecular weight excluding hydrogens is 504 g/mol. The van der Waals surface area contributed by atoms with Gasteiger partial charge >= 0.3 is 18.0 Å². The van der Waals surface area contributed by atoms with Gasteiger partial charge in [0, 0.05) is 17.6 Å². The van der Waals surface area contributed by atoms with Crippen molar-refractivity contribution in [1.82, 2.24) is 19.3 Å². The molecule has 10 nitrogen and oxygen atoms in total. The summed E-state index contributed by atoms with van der Waals surface area (Å²) in [6, 6.07) is 6.67. The Morgan fingerprint density at radius 2 is 1.66 bits per heavy atom. The lowest BCUT2D eigenvalue weighted by Gasteiger charge is -2.32. The number of halogens is 1. The normalized spacial score (nSPS) is 16.8. The molecule has 1 fully saturated rings. The van der Waals surface area contributed by atoms with E-state index in [0.29, 0.717) is 4.47 Å². The summed E-state index contributed by atoms with van der Waals surface area (Å²) >= 11 is 3.30. The number of ether oxygens (including phenoxy) is 4. The van der Waals surface area contributed by atoms with Crippen molar-refractivity contribution in [2.45, 2.75) is 11.0 Å². The molecule has 1 aromatic heterocycles. The molecule has 0 spiro atoms. The quantitative estimate of drug-likeness (QED) is 0.406. The molecule has 172 valence electrons. The Hall–Kier alpha value is -2.54. The van der Waals surface area contributed by atoms with Crippen molar-refractivity contribution in [1.29, 1.82) is 0 Å². The van der Waals surface area contributed by atoms with Crippen LogP contribution in [0, 0.1) is 0 Å². The van der Waals surface area contributed by atoms with Crippen LogP contribution >= 0.6 is 15.9 Å². The van der Waals surface area contributed by atoms with Gasteiger partial charge in [0.25, 0.3) is 0 Å². The zero-order valence-corrected chi connectivity index (χ0v) is 19.6. The number of hydrogen-bond acceptors (Lipinski definition) is 9. The Kier molecular flexibility index (Phi) is 8.56. The minimum Gasteiger partial charge on any atom is -0.460 e. The number of aromatic nitrogens is 3. The summed E-state index contributed by atoms with van der Waals surface area (Å²) in [7, 11) is -3.69. The average molecular weight is 527 g/mol. The molecule has 0 saturated carbocycles. The third kappa shape index (κ3) is 6.25. The molecule has 0 amide bonds. The first kappa shape index (κ1) is 24.1. The molecule has 2 heterocycles. The summed E-state index contributed by atoms with van der Waals surface area (Å²) in [6.45, 7) is 8.15. The molecule has 1 aliphatic heterocycles. The number of morpholine rings is 1. The van der Waals surface area contributed by atoms with Gasteiger partial charge < -0.3 is 18.9 Å². The highest BCUT2D eigenvalue weighted by Crippen LogP contribution is 2.26. The SMILES string of the molecule is C=CCOc1nc(OCC=C)nc(OCC2CN(S(=O)(=O)c3ccccc3Br)CCO2)n1. The van der Waals surface area contributed by atoms with E-state index < -0.39 is 16.1 Å². The highest BCUT2D eigenvalue weighted by atomic mass is 79.9. The van der Waals surface area contributed by atoms with Gasteiger partial charge in [0.2, 0.25) is 10.0 Å². The molecule has 0 aliphatic carbocycles. The molecule has 1 unspecified atom stereocenters. The summed E-state index contributed by atoms with van der Waals surface area (Å²) < 4.78 is 50.0. The number of nitrogens with zero attached hydrogens (tertiary/aromatic N) is 4. The summed E-state index contributed by atoms with van der Waals surface area (Å²) in [6.07, 6.45) is 2.57. The smallest absolute Gasteiger partial charge is 0.326 e. The van der Waals surface area contributed by atoms with Crippen LogP contribution in [0.4, 0.5) is 0 Å². The molecule has 32 heavy (non-hydrogen) atoms. The van der Waals surface area contributed by atoms with Crippen molar-refractivity contribution < 1.29 is 27.4 Å². The van der Waals surface area contributed by atoms with Crippen LogP contribution in [0.15, 0.2) is 58.9 Å². The molecule has 2 aromatic rings. The molecule has 1 saturated heterocycles. The predicted octanol–water partition coefficient (Wildman–Crippen LogP) is 2.23. The summed E-state index contributed by atoms with van der Waals surface area (Å²) in [5, 5.41) is 0. The lowest BCUT2D eigenvalue weighted by molar-refractivity contribution is -0.0268. The summed E-state index contributed by atoms with van der Waals surface area (Å²) in [5.74, 6) is 0. The van der Waals surface area contributed by atoms with Crippen LogP contribution in [0.25, 0.3) is 0 Å². The Labute approximate surface area is 195 Å². The van der Waals surface area contributed by atoms with Crippen LogP contribution in [-0.4, -0.2) is 73.3 Å². The second-order valence-corrected chi connectivity index (χ2v) is 9.24. The van der Waals surface area contributed by atoms with Crippen LogP contribution in [0.2, 0.25) is 0 Å². The number of rotatable bonds is 11. The first-order chi connectivity index (χ1) is 15.4. The van der Waals surface area contributed by atoms with Crippen molar-refractivity contribution in [3.8, 4) is 18.0 Å². The van der Waals surface area contributed by atoms with Gasteiger partial charge in [-0.15, -0.1) is 15.0 Å². The highest BCUT2D eigenvalue weighted by molar-refractivity contribution is 9.10. The maximum atomic E-state index is 13.0. The predicted molar refractivity (Wildman–Crippen MR) is 119 cm³/mol. The zero-order valence-electron chi connectivity index (χ0n) is 17.2. The third-order valence-electron chi connectivity index (χ3n) is 4.19. The first-order valence-electron chi connectivity index (χ1n) is 9.66. The topological polar surface area (TPSA) is 113 Å². The van der Waals surface area contributed by atoms with Crippen LogP contribution in [0.5, 0.6) is 18.0 Å². The lowest BCUT2D eigenvalue weighted by Crippen LogP contribution is -2.47. The maximum Gasteiger partial charge on any atom is 0.326 e. The average Bonchev–Trinajstić information content (AvgIpc) is 2.80. The molecule has 1 atom stereocenters. The minimum atomic E-state index is -3.69. The van der Waals surface area contributed by atoms with Crippen LogP contribution in [0.3, 0.4) is 0 Å². The fourth-order valence-electron chi connectivity index (χ4n) is 2.75. The molecule has 1 aliphatic rings. The van der Waals surface area contributed by atoms with E-state index in [1.165, 1.54) is 4.31 Å². The van der Waals surface area contributed by atoms with E-state index in [1.54, 1.807) is 36.4 Å². The van der Waals surface area contributed by atoms with Crippen molar-refractivity contribution in [2.24, 2.45) is 0 Å². The van der Waals surface area contributed by atoms with Gasteiger partial charge in [0.15, 0.2) is 0 Å². The van der Waals surface area contributed by atoms with E-state index in [0.717, 1.165) is 0 Å². The van der Waals surface area contributed by atoms with Crippen molar-refractivity contribution in [2.75, 3.05) is 39.5 Å². The molecule has 1 aromatic carbocycles. The van der Waals surface area contributed by atoms with Gasteiger partial charge in [0.1, 0.15) is 25.9 Å². The molecule has 0 bridgehead atoms. The highest BCUT2D eigenvalue weighted by Gasteiger charge is 2.32. The minimum absolute atomic E-state index is 0.0108. The van der Waals surface area contributed by atoms with Crippen molar-refractivity contribution >= 4 is 26.0 Å². The molecular formula is C20H23BrN4O6S. The Balaban J connectivity index is 1.68. The number of sulfonamides is 1. The van der Waals surface area contributed by atoms with E-state index in [9.17, 15) is 8.42 Å². The largest absolute Gasteiger partial charge is 0.460 e. The van der Waals surface area contributed by atoms with Gasteiger partial charge in [-0.1, -0.05) is 37.4 Å². The van der Waals surface area contributed by atoms with Gasteiger partial charge in [-0.05, 0) is 28.1 Å². The summed E-state index contributed by atoms with van der Waals surface area (Å²) in [5.41, 5.74) is 0. The van der Waals surface area contributed by atoms with Crippen LogP contribution in [-0.2, 0) is 14.8 Å². The maximum absolute atomic E-state index is 13.0. The fraction of sp³-hybridized carbons (Fsp3) is 0.350. The number of hydrogen-bond donors (Lipinski definition) is 0. The fourth-order valence-corrected chi connectivity index (χ4v) is 5.17. The molecule has 0 radical (unpaired) electrons. The number of benzene rings is 1. The second-order valence-electron chi connectivity index (χ2n) is 6.48. The Morgan fingerprint density at radius 3 is 2.25 bits per heavy atom. The summed E-state index contributed by atoms with van der Waals surface area (Å²) in [4.78, 5) is 12.4. The molecule has 3 rings (SSSR count). The van der Waals surface area contributed by atoms with Crippen LogP contribution in [0.1, 0.15) is 0 Å². The first-order valence-corrected chi connectivity index (χ1v) is 11.9. The lowest BCUT2D eigenvalue weighted by atomic mass is 10.3. The zero-order chi connectivity index (χ0) is 23.0. The van der Waals surface area contributed by atoms with Crippen molar-refractivity contribution in [3.05, 3.63) is 54.0 Å². The molecule has 12 heteroatoms. The standard InChI is InChI=1S/C20H23BrN4O6S/c1-3-10-29-18-22-19(30-11-4-2)24-20(23-18)31-14-15-13-25(9-12-28-15)32(26,27)17-8-6-5-7-16(17)21/h3-8,15H,1-2,9-14H2. The van der Waals surface area contributed by atoms with E-state index in [2.05, 4.69) is 44.0 Å². The van der Waals surface area contributed by atoms with E-state index in [-0.39, 0.29) is 62.4 Å². The van der Waals surface area contributed by atoms with Crippen LogP contribution < -0.4 is 14.2 Å². The third-order valence-corrected chi connectivity index (χ3v) is 7.07. The van der Waals surface area contributed by atoms with Crippen molar-refractivity contribution in [3.63, 3.8) is 0 Å². The monoisotopic (exact) mass is 526 g/mol. The van der Waals surface area contributed by atoms with E-state index in [4.69, 9.17) is 18.9 Å². The Morgan fingerprint density at radius 1 is 1.06 bits per heavy atom. The Bertz CT molecular complexity index is 1020. The molecule has 0 N–H and O–H groups in total. The van der Waals surface area contributed by atoms with Gasteiger partial charge in [-0.25, -0.2) is 8.42 Å².